The first-order chi connectivity index (χ1) is 14.6. The molecule has 0 spiro atoms. The molecule has 0 aliphatic heterocycles. The van der Waals surface area contributed by atoms with Crippen molar-refractivity contribution in [2.75, 3.05) is 13.7 Å². The molecule has 1 aliphatic rings. The number of hydrogen-bond donors (Lipinski definition) is 1. The van der Waals surface area contributed by atoms with E-state index < -0.39 is 21.7 Å². The van der Waals surface area contributed by atoms with Crippen molar-refractivity contribution in [1.29, 1.82) is 0 Å². The summed E-state index contributed by atoms with van der Waals surface area (Å²) >= 11 is 0. The molecule has 2 aromatic rings. The summed E-state index contributed by atoms with van der Waals surface area (Å²) in [6, 6.07) is 13.4. The van der Waals surface area contributed by atoms with E-state index in [0.29, 0.717) is 31.2 Å². The van der Waals surface area contributed by atoms with E-state index >= 15 is 0 Å². The minimum Gasteiger partial charge on any atom is -0.465 e. The molecule has 6 nitrogen and oxygen atoms in total. The van der Waals surface area contributed by atoms with Gasteiger partial charge >= 0.3 is 5.97 Å². The lowest BCUT2D eigenvalue weighted by Crippen LogP contribution is -2.39. The molecule has 3 rings (SSSR count). The number of hydrogen-bond acceptors (Lipinski definition) is 6. The van der Waals surface area contributed by atoms with E-state index in [1.165, 1.54) is 7.11 Å². The smallest absolute Gasteiger partial charge is 0.337 e. The van der Waals surface area contributed by atoms with Crippen LogP contribution in [0.3, 0.4) is 0 Å². The number of esters is 1. The molecule has 0 amide bonds. The van der Waals surface area contributed by atoms with Gasteiger partial charge in [-0.15, -0.1) is 0 Å². The Hall–Kier alpha value is -2.22. The van der Waals surface area contributed by atoms with Crippen molar-refractivity contribution in [1.82, 2.24) is 0 Å². The van der Waals surface area contributed by atoms with E-state index in [1.807, 2.05) is 13.8 Å². The number of aliphatic hydroxyl groups is 1. The lowest BCUT2D eigenvalue weighted by Gasteiger charge is -2.43. The second-order valence-corrected chi connectivity index (χ2v) is 10.1. The fourth-order valence-electron chi connectivity index (χ4n) is 4.09. The van der Waals surface area contributed by atoms with E-state index in [1.54, 1.807) is 48.5 Å². The molecule has 7 heteroatoms. The zero-order chi connectivity index (χ0) is 22.7. The van der Waals surface area contributed by atoms with E-state index in [2.05, 4.69) is 0 Å². The van der Waals surface area contributed by atoms with Crippen molar-refractivity contribution in [3.63, 3.8) is 0 Å². The minimum absolute atomic E-state index is 0.0943. The summed E-state index contributed by atoms with van der Waals surface area (Å²) in [5.41, 5.74) is 0.843. The summed E-state index contributed by atoms with van der Waals surface area (Å²) in [6.45, 7) is 4.02. The topological polar surface area (TPSA) is 89.9 Å². The summed E-state index contributed by atoms with van der Waals surface area (Å²) in [7, 11) is -2.50. The molecule has 0 bridgehead atoms. The van der Waals surface area contributed by atoms with Crippen molar-refractivity contribution >= 4 is 16.1 Å². The van der Waals surface area contributed by atoms with Gasteiger partial charge in [0.2, 0.25) is 0 Å². The number of benzene rings is 2. The molecule has 1 fully saturated rings. The number of carbonyl (C=O) groups is 1. The first kappa shape index (κ1) is 23.4. The molecule has 0 aromatic heterocycles. The maximum Gasteiger partial charge on any atom is 0.337 e. The summed E-state index contributed by atoms with van der Waals surface area (Å²) < 4.78 is 35.4. The van der Waals surface area contributed by atoms with Gasteiger partial charge in [0.25, 0.3) is 10.1 Å². The van der Waals surface area contributed by atoms with Gasteiger partial charge in [-0.3, -0.25) is 4.18 Å². The molecule has 1 aliphatic carbocycles. The van der Waals surface area contributed by atoms with Crippen LogP contribution in [0.1, 0.15) is 60.5 Å². The first-order valence-electron chi connectivity index (χ1n) is 10.5. The number of aryl methyl sites for hydroxylation is 1. The first-order valence-corrected chi connectivity index (χ1v) is 11.9. The highest BCUT2D eigenvalue weighted by molar-refractivity contribution is 7.86. The van der Waals surface area contributed by atoms with Crippen LogP contribution in [0, 0.1) is 12.3 Å². The van der Waals surface area contributed by atoms with Crippen LogP contribution in [-0.2, 0) is 24.6 Å². The van der Waals surface area contributed by atoms with Crippen molar-refractivity contribution in [2.45, 2.75) is 56.4 Å². The highest BCUT2D eigenvalue weighted by atomic mass is 32.2. The number of carbonyl (C=O) groups excluding carboxylic acids is 1. The molecular formula is C24H30O6S. The van der Waals surface area contributed by atoms with Gasteiger partial charge in [-0.1, -0.05) is 36.8 Å². The normalized spacial score (nSPS) is 24.0. The van der Waals surface area contributed by atoms with Gasteiger partial charge in [-0.25, -0.2) is 4.79 Å². The summed E-state index contributed by atoms with van der Waals surface area (Å²) in [5, 5.41) is 11.2. The molecule has 0 unspecified atom stereocenters. The SMILES string of the molecule is CCC1(COS(=O)(=O)c2ccc(C)cc2)CCC(O)(c2ccc(C(=O)OC)cc2)CC1. The summed E-state index contributed by atoms with van der Waals surface area (Å²) in [5.74, 6) is -0.417. The van der Waals surface area contributed by atoms with E-state index in [9.17, 15) is 18.3 Å². The van der Waals surface area contributed by atoms with Crippen LogP contribution >= 0.6 is 0 Å². The van der Waals surface area contributed by atoms with Crippen molar-refractivity contribution in [3.05, 3.63) is 65.2 Å². The Morgan fingerprint density at radius 3 is 2.10 bits per heavy atom. The van der Waals surface area contributed by atoms with E-state index in [0.717, 1.165) is 17.5 Å². The van der Waals surface area contributed by atoms with Crippen LogP contribution in [0.5, 0.6) is 0 Å². The van der Waals surface area contributed by atoms with Gasteiger partial charge in [-0.05, 0) is 74.3 Å². The van der Waals surface area contributed by atoms with Crippen molar-refractivity contribution < 1.29 is 27.2 Å². The van der Waals surface area contributed by atoms with Crippen LogP contribution in [0.2, 0.25) is 0 Å². The third-order valence-corrected chi connectivity index (χ3v) is 7.84. The Kier molecular flexibility index (Phi) is 6.88. The van der Waals surface area contributed by atoms with E-state index in [4.69, 9.17) is 8.92 Å². The highest BCUT2D eigenvalue weighted by Gasteiger charge is 2.42. The van der Waals surface area contributed by atoms with Gasteiger partial charge in [0.05, 0.1) is 29.8 Å². The number of rotatable bonds is 7. The lowest BCUT2D eigenvalue weighted by molar-refractivity contribution is -0.0512. The van der Waals surface area contributed by atoms with Gasteiger partial charge in [0, 0.05) is 0 Å². The van der Waals surface area contributed by atoms with Crippen molar-refractivity contribution in [3.8, 4) is 0 Å². The van der Waals surface area contributed by atoms with Gasteiger partial charge in [0.15, 0.2) is 0 Å². The monoisotopic (exact) mass is 446 g/mol. The highest BCUT2D eigenvalue weighted by Crippen LogP contribution is 2.47. The molecule has 168 valence electrons. The standard InChI is InChI=1S/C24H30O6S/c1-4-23(17-30-31(27,28)21-11-5-18(2)6-12-21)13-15-24(26,16-14-23)20-9-7-19(8-10-20)22(25)29-3/h5-12,26H,4,13-17H2,1-3H3. The van der Waals surface area contributed by atoms with Crippen LogP contribution in [0.15, 0.2) is 53.4 Å². The Balaban J connectivity index is 1.67. The molecule has 2 aromatic carbocycles. The van der Waals surface area contributed by atoms with Crippen LogP contribution in [0.25, 0.3) is 0 Å². The average Bonchev–Trinajstić information content (AvgIpc) is 2.79. The van der Waals surface area contributed by atoms with Gasteiger partial charge < -0.3 is 9.84 Å². The average molecular weight is 447 g/mol. The third kappa shape index (κ3) is 5.17. The molecule has 31 heavy (non-hydrogen) atoms. The Bertz CT molecular complexity index is 1000. The van der Waals surface area contributed by atoms with Crippen molar-refractivity contribution in [2.24, 2.45) is 5.41 Å². The molecule has 0 saturated heterocycles. The molecule has 0 radical (unpaired) electrons. The fraction of sp³-hybridized carbons (Fsp3) is 0.458. The lowest BCUT2D eigenvalue weighted by atomic mass is 9.66. The molecule has 0 atom stereocenters. The molecule has 0 heterocycles. The quantitative estimate of drug-likeness (QED) is 0.502. The summed E-state index contributed by atoms with van der Waals surface area (Å²) in [4.78, 5) is 11.8. The fourth-order valence-corrected chi connectivity index (χ4v) is 5.10. The largest absolute Gasteiger partial charge is 0.465 e. The van der Waals surface area contributed by atoms with Gasteiger partial charge in [-0.2, -0.15) is 8.42 Å². The Labute approximate surface area is 184 Å². The Morgan fingerprint density at radius 2 is 1.58 bits per heavy atom. The van der Waals surface area contributed by atoms with E-state index in [-0.39, 0.29) is 16.9 Å². The van der Waals surface area contributed by atoms with Crippen LogP contribution < -0.4 is 0 Å². The van der Waals surface area contributed by atoms with Gasteiger partial charge in [0.1, 0.15) is 0 Å². The second kappa shape index (κ2) is 9.10. The number of methoxy groups -OCH3 is 1. The third-order valence-electron chi connectivity index (χ3n) is 6.56. The second-order valence-electron chi connectivity index (χ2n) is 8.48. The molecular weight excluding hydrogens is 416 g/mol. The Morgan fingerprint density at radius 1 is 1.00 bits per heavy atom. The van der Waals surface area contributed by atoms with Crippen LogP contribution in [-0.4, -0.2) is 33.2 Å². The minimum atomic E-state index is -3.83. The predicted octanol–water partition coefficient (Wildman–Crippen LogP) is 4.35. The van der Waals surface area contributed by atoms with Crippen LogP contribution in [0.4, 0.5) is 0 Å². The molecule has 1 N–H and O–H groups in total. The maximum absolute atomic E-state index is 12.6. The summed E-state index contributed by atoms with van der Waals surface area (Å²) in [6.07, 6.45) is 3.02. The maximum atomic E-state index is 12.6. The predicted molar refractivity (Wildman–Crippen MR) is 117 cm³/mol. The zero-order valence-corrected chi connectivity index (χ0v) is 19.1. The molecule has 1 saturated carbocycles. The number of ether oxygens (including phenoxy) is 1. The zero-order valence-electron chi connectivity index (χ0n) is 18.3.